The van der Waals surface area contributed by atoms with Crippen LogP contribution in [0, 0.1) is 0 Å². The first kappa shape index (κ1) is 17.2. The van der Waals surface area contributed by atoms with Crippen LogP contribution in [0.4, 0.5) is 0 Å². The Kier molecular flexibility index (Phi) is 4.93. The van der Waals surface area contributed by atoms with E-state index in [-0.39, 0.29) is 6.54 Å². The lowest BCUT2D eigenvalue weighted by Gasteiger charge is -2.05. The monoisotopic (exact) mass is 352 g/mol. The summed E-state index contributed by atoms with van der Waals surface area (Å²) in [4.78, 5) is 38.5. The Labute approximate surface area is 148 Å². The van der Waals surface area contributed by atoms with E-state index in [0.717, 1.165) is 11.3 Å². The summed E-state index contributed by atoms with van der Waals surface area (Å²) >= 11 is 0. The lowest BCUT2D eigenvalue weighted by molar-refractivity contribution is -0.137. The van der Waals surface area contributed by atoms with Gasteiger partial charge in [0.2, 0.25) is 5.91 Å². The zero-order valence-corrected chi connectivity index (χ0v) is 13.7. The number of aliphatic carboxylic acids is 1. The van der Waals surface area contributed by atoms with Gasteiger partial charge in [0.15, 0.2) is 0 Å². The van der Waals surface area contributed by atoms with Crippen LogP contribution in [-0.4, -0.2) is 45.4 Å². The van der Waals surface area contributed by atoms with Gasteiger partial charge in [0.25, 0.3) is 5.91 Å². The number of amides is 2. The maximum absolute atomic E-state index is 12.2. The van der Waals surface area contributed by atoms with Crippen molar-refractivity contribution in [3.63, 3.8) is 0 Å². The van der Waals surface area contributed by atoms with Crippen LogP contribution in [0.1, 0.15) is 10.4 Å². The first-order valence-electron chi connectivity index (χ1n) is 7.84. The van der Waals surface area contributed by atoms with E-state index >= 15 is 0 Å². The predicted octanol–water partition coefficient (Wildman–Crippen LogP) is 0.932. The molecule has 1 aromatic carbocycles. The molecule has 132 valence electrons. The van der Waals surface area contributed by atoms with Crippen LogP contribution in [0.15, 0.2) is 54.9 Å². The minimum Gasteiger partial charge on any atom is -0.480 e. The number of carbonyl (C=O) groups is 3. The average Bonchev–Trinajstić information content (AvgIpc) is 3.08. The van der Waals surface area contributed by atoms with E-state index in [1.54, 1.807) is 22.7 Å². The van der Waals surface area contributed by atoms with Gasteiger partial charge in [0, 0.05) is 23.5 Å². The molecule has 3 aromatic rings. The first-order valence-corrected chi connectivity index (χ1v) is 7.84. The lowest BCUT2D eigenvalue weighted by Crippen LogP contribution is -2.39. The van der Waals surface area contributed by atoms with Gasteiger partial charge in [-0.15, -0.1) is 0 Å². The summed E-state index contributed by atoms with van der Waals surface area (Å²) in [5.41, 5.74) is 2.72. The van der Waals surface area contributed by atoms with Gasteiger partial charge < -0.3 is 20.1 Å². The Bertz CT molecular complexity index is 966. The molecule has 0 fully saturated rings. The van der Waals surface area contributed by atoms with Gasteiger partial charge in [0.05, 0.1) is 12.2 Å². The van der Waals surface area contributed by atoms with E-state index in [0.29, 0.717) is 11.2 Å². The zero-order valence-electron chi connectivity index (χ0n) is 13.7. The zero-order chi connectivity index (χ0) is 18.5. The molecule has 0 atom stereocenters. The molecule has 2 aromatic heterocycles. The van der Waals surface area contributed by atoms with Crippen molar-refractivity contribution in [2.24, 2.45) is 0 Å². The third-order valence-electron chi connectivity index (χ3n) is 3.64. The largest absolute Gasteiger partial charge is 0.480 e. The Balaban J connectivity index is 1.69. The predicted molar refractivity (Wildman–Crippen MR) is 93.6 cm³/mol. The lowest BCUT2D eigenvalue weighted by atomic mass is 10.2. The van der Waals surface area contributed by atoms with Crippen LogP contribution in [0.2, 0.25) is 0 Å². The third kappa shape index (κ3) is 4.04. The molecule has 0 aliphatic rings. The minimum atomic E-state index is -1.15. The molecule has 0 bridgehead atoms. The summed E-state index contributed by atoms with van der Waals surface area (Å²) in [6.45, 7) is -0.794. The molecule has 8 nitrogen and oxygen atoms in total. The van der Waals surface area contributed by atoms with Crippen LogP contribution in [0.25, 0.3) is 16.9 Å². The number of nitrogens with one attached hydrogen (secondary N) is 2. The fourth-order valence-electron chi connectivity index (χ4n) is 2.37. The second-order valence-corrected chi connectivity index (χ2v) is 5.53. The summed E-state index contributed by atoms with van der Waals surface area (Å²) in [5, 5.41) is 13.1. The molecule has 0 unspecified atom stereocenters. The van der Waals surface area contributed by atoms with Crippen molar-refractivity contribution in [1.82, 2.24) is 20.0 Å². The molecule has 3 N–H and O–H groups in total. The van der Waals surface area contributed by atoms with Gasteiger partial charge in [0.1, 0.15) is 12.2 Å². The second kappa shape index (κ2) is 7.47. The summed E-state index contributed by atoms with van der Waals surface area (Å²) in [6.07, 6.45) is 3.58. The highest BCUT2D eigenvalue weighted by Crippen LogP contribution is 2.19. The van der Waals surface area contributed by atoms with Crippen LogP contribution in [0.3, 0.4) is 0 Å². The molecule has 0 spiro atoms. The fraction of sp³-hybridized carbons (Fsp3) is 0.111. The van der Waals surface area contributed by atoms with Crippen molar-refractivity contribution in [3.8, 4) is 11.3 Å². The highest BCUT2D eigenvalue weighted by atomic mass is 16.4. The molecule has 0 radical (unpaired) electrons. The summed E-state index contributed by atoms with van der Waals surface area (Å²) < 4.78 is 1.80. The van der Waals surface area contributed by atoms with E-state index in [1.807, 2.05) is 36.5 Å². The molecule has 2 heterocycles. The SMILES string of the molecule is O=C(O)CNC(=O)CNC(=O)c1ccn2cc(-c3ccccc3)nc2c1. The number of carboxylic acid groups (broad SMARTS) is 1. The van der Waals surface area contributed by atoms with E-state index in [4.69, 9.17) is 5.11 Å². The number of nitrogens with zero attached hydrogens (tertiary/aromatic N) is 2. The summed E-state index contributed by atoms with van der Waals surface area (Å²) in [6, 6.07) is 12.9. The average molecular weight is 352 g/mol. The van der Waals surface area contributed by atoms with Gasteiger partial charge in [-0.1, -0.05) is 30.3 Å². The van der Waals surface area contributed by atoms with Gasteiger partial charge in [-0.2, -0.15) is 0 Å². The molecule has 8 heteroatoms. The topological polar surface area (TPSA) is 113 Å². The first-order chi connectivity index (χ1) is 12.5. The van der Waals surface area contributed by atoms with Gasteiger partial charge in [-0.25, -0.2) is 4.98 Å². The van der Waals surface area contributed by atoms with Crippen molar-refractivity contribution < 1.29 is 19.5 Å². The number of aromatic nitrogens is 2. The molecule has 2 amide bonds. The molecule has 0 saturated heterocycles. The number of hydrogen-bond acceptors (Lipinski definition) is 4. The third-order valence-corrected chi connectivity index (χ3v) is 3.64. The van der Waals surface area contributed by atoms with E-state index < -0.39 is 24.3 Å². The highest BCUT2D eigenvalue weighted by Gasteiger charge is 2.11. The number of pyridine rings is 1. The van der Waals surface area contributed by atoms with Crippen LogP contribution in [-0.2, 0) is 9.59 Å². The summed E-state index contributed by atoms with van der Waals surface area (Å²) in [5.74, 6) is -2.17. The smallest absolute Gasteiger partial charge is 0.322 e. The molecule has 0 saturated carbocycles. The number of carboxylic acids is 1. The molecule has 26 heavy (non-hydrogen) atoms. The number of rotatable bonds is 6. The minimum absolute atomic E-state index is 0.305. The van der Waals surface area contributed by atoms with Gasteiger partial charge in [-0.3, -0.25) is 14.4 Å². The van der Waals surface area contributed by atoms with Gasteiger partial charge in [-0.05, 0) is 12.1 Å². The van der Waals surface area contributed by atoms with Crippen molar-refractivity contribution in [2.45, 2.75) is 0 Å². The van der Waals surface area contributed by atoms with Crippen molar-refractivity contribution in [3.05, 3.63) is 60.4 Å². The van der Waals surface area contributed by atoms with Crippen LogP contribution < -0.4 is 10.6 Å². The standard InChI is InChI=1S/C18H16N4O4/c23-16(19-10-17(24)25)9-20-18(26)13-6-7-22-11-14(21-15(22)8-13)12-4-2-1-3-5-12/h1-8,11H,9-10H2,(H,19,23)(H,20,26)(H,24,25). The second-order valence-electron chi connectivity index (χ2n) is 5.53. The molecular weight excluding hydrogens is 336 g/mol. The maximum atomic E-state index is 12.2. The molecular formula is C18H16N4O4. The normalized spacial score (nSPS) is 10.5. The molecule has 3 rings (SSSR count). The van der Waals surface area contributed by atoms with Crippen LogP contribution >= 0.6 is 0 Å². The Morgan fingerprint density at radius 2 is 1.81 bits per heavy atom. The van der Waals surface area contributed by atoms with Crippen molar-refractivity contribution >= 4 is 23.4 Å². The molecule has 0 aliphatic heterocycles. The highest BCUT2D eigenvalue weighted by molar-refractivity contribution is 5.97. The van der Waals surface area contributed by atoms with Crippen LogP contribution in [0.5, 0.6) is 0 Å². The van der Waals surface area contributed by atoms with Gasteiger partial charge >= 0.3 is 5.97 Å². The van der Waals surface area contributed by atoms with E-state index in [9.17, 15) is 14.4 Å². The van der Waals surface area contributed by atoms with Crippen molar-refractivity contribution in [1.29, 1.82) is 0 Å². The Hall–Kier alpha value is -3.68. The summed E-state index contributed by atoms with van der Waals surface area (Å²) in [7, 11) is 0. The Morgan fingerprint density at radius 3 is 2.54 bits per heavy atom. The molecule has 0 aliphatic carbocycles. The number of benzene rings is 1. The van der Waals surface area contributed by atoms with E-state index in [2.05, 4.69) is 15.6 Å². The number of fused-ring (bicyclic) bond motifs is 1. The number of carbonyl (C=O) groups excluding carboxylic acids is 2. The number of imidazole rings is 1. The number of hydrogen-bond donors (Lipinski definition) is 3. The fourth-order valence-corrected chi connectivity index (χ4v) is 2.37. The van der Waals surface area contributed by atoms with E-state index in [1.165, 1.54) is 0 Å². The quantitative estimate of drug-likeness (QED) is 0.611. The maximum Gasteiger partial charge on any atom is 0.322 e. The van der Waals surface area contributed by atoms with Crippen molar-refractivity contribution in [2.75, 3.05) is 13.1 Å². The Morgan fingerprint density at radius 1 is 1.04 bits per heavy atom.